The van der Waals surface area contributed by atoms with Gasteiger partial charge in [0.05, 0.1) is 17.7 Å². The van der Waals surface area contributed by atoms with Crippen molar-refractivity contribution in [1.29, 1.82) is 0 Å². The van der Waals surface area contributed by atoms with Gasteiger partial charge in [-0.05, 0) is 49.1 Å². The zero-order chi connectivity index (χ0) is 33.5. The summed E-state index contributed by atoms with van der Waals surface area (Å²) in [6.45, 7) is 1.12. The molecule has 1 aliphatic heterocycles. The summed E-state index contributed by atoms with van der Waals surface area (Å²) in [5, 5.41) is 10.4. The number of piperidine rings is 1. The molecule has 13 nitrogen and oxygen atoms in total. The number of ether oxygens (including phenoxy) is 1. The number of aromatic nitrogens is 5. The highest BCUT2D eigenvalue weighted by Crippen LogP contribution is 2.28. The Bertz CT molecular complexity index is 1840. The maximum Gasteiger partial charge on any atom is 0.331 e. The first-order valence-corrected chi connectivity index (χ1v) is 15.6. The minimum Gasteiger partial charge on any atom is -0.497 e. The molecule has 1 aliphatic rings. The van der Waals surface area contributed by atoms with Crippen LogP contribution in [0.3, 0.4) is 0 Å². The maximum absolute atomic E-state index is 14.4. The van der Waals surface area contributed by atoms with Crippen LogP contribution in [0, 0.1) is 5.82 Å². The van der Waals surface area contributed by atoms with Crippen molar-refractivity contribution in [3.63, 3.8) is 0 Å². The number of likely N-dealkylation sites (tertiary alicyclic amines) is 1. The van der Waals surface area contributed by atoms with E-state index in [1.54, 1.807) is 21.5 Å². The highest BCUT2D eigenvalue weighted by molar-refractivity contribution is 6.33. The zero-order valence-corrected chi connectivity index (χ0v) is 26.9. The van der Waals surface area contributed by atoms with E-state index in [4.69, 9.17) is 16.3 Å². The van der Waals surface area contributed by atoms with Crippen LogP contribution in [0.25, 0.3) is 11.1 Å². The summed E-state index contributed by atoms with van der Waals surface area (Å²) in [5.41, 5.74) is 0.738. The number of rotatable bonds is 13. The van der Waals surface area contributed by atoms with Gasteiger partial charge in [0.1, 0.15) is 30.8 Å². The summed E-state index contributed by atoms with van der Waals surface area (Å²) in [6, 6.07) is 9.78. The molecular formula is C32H36ClFN8O5. The number of methoxy groups -OCH3 is 1. The molecule has 2 aromatic heterocycles. The molecule has 2 amide bonds. The lowest BCUT2D eigenvalue weighted by molar-refractivity contribution is -0.134. The van der Waals surface area contributed by atoms with Gasteiger partial charge in [-0.25, -0.2) is 9.18 Å². The number of nitrogens with one attached hydrogen (secondary N) is 1. The predicted octanol–water partition coefficient (Wildman–Crippen LogP) is 2.50. The van der Waals surface area contributed by atoms with Crippen LogP contribution in [0.4, 0.5) is 10.1 Å². The monoisotopic (exact) mass is 666 g/mol. The van der Waals surface area contributed by atoms with E-state index >= 15 is 0 Å². The van der Waals surface area contributed by atoms with Gasteiger partial charge >= 0.3 is 5.69 Å². The van der Waals surface area contributed by atoms with E-state index in [-0.39, 0.29) is 47.7 Å². The lowest BCUT2D eigenvalue weighted by Crippen LogP contribution is -2.49. The van der Waals surface area contributed by atoms with Gasteiger partial charge in [0.15, 0.2) is 0 Å². The second-order valence-electron chi connectivity index (χ2n) is 11.2. The number of nitrogens with zero attached hydrogens (tertiary/aromatic N) is 7. The highest BCUT2D eigenvalue weighted by Gasteiger charge is 2.27. The van der Waals surface area contributed by atoms with Crippen LogP contribution in [0.2, 0.25) is 5.02 Å². The quantitative estimate of drug-likeness (QED) is 0.215. The van der Waals surface area contributed by atoms with Crippen LogP contribution in [0.5, 0.6) is 5.75 Å². The standard InChI is InChI=1S/C32H36ClFN8O5/c1-35-28-7-6-24(47-2)16-22(28)8-11-40(21-43)23-9-12-39(13-10-23)29(44)18-41-17-26(25-4-3-5-27(34)30(25)33)31(45)42(32(41)46)15-14-38-19-36-37-20-38/h3-7,16-17,19-21,23,35H,8-15,18H2,1-2H3. The van der Waals surface area contributed by atoms with Crippen molar-refractivity contribution in [2.45, 2.75) is 44.9 Å². The van der Waals surface area contributed by atoms with Crippen molar-refractivity contribution in [1.82, 2.24) is 33.7 Å². The molecule has 0 saturated carbocycles. The van der Waals surface area contributed by atoms with Crippen molar-refractivity contribution in [3.8, 4) is 16.9 Å². The van der Waals surface area contributed by atoms with E-state index in [1.165, 1.54) is 37.1 Å². The van der Waals surface area contributed by atoms with E-state index in [2.05, 4.69) is 15.5 Å². The molecule has 1 N–H and O–H groups in total. The van der Waals surface area contributed by atoms with E-state index < -0.39 is 17.1 Å². The van der Waals surface area contributed by atoms with Crippen LogP contribution in [0.1, 0.15) is 18.4 Å². The Morgan fingerprint density at radius 1 is 1.13 bits per heavy atom. The van der Waals surface area contributed by atoms with Crippen LogP contribution in [-0.2, 0) is 35.6 Å². The lowest BCUT2D eigenvalue weighted by atomic mass is 10.0. The van der Waals surface area contributed by atoms with Crippen molar-refractivity contribution in [2.75, 3.05) is 39.1 Å². The third-order valence-corrected chi connectivity index (χ3v) is 8.86. The predicted molar refractivity (Wildman–Crippen MR) is 174 cm³/mol. The number of halogens is 2. The van der Waals surface area contributed by atoms with Gasteiger partial charge in [0, 0.05) is 63.3 Å². The fourth-order valence-corrected chi connectivity index (χ4v) is 6.05. The summed E-state index contributed by atoms with van der Waals surface area (Å²) < 4.78 is 23.5. The molecular weight excluding hydrogens is 631 g/mol. The van der Waals surface area contributed by atoms with Crippen LogP contribution in [-0.4, -0.2) is 85.8 Å². The molecule has 5 rings (SSSR count). The number of carbonyl (C=O) groups is 2. The van der Waals surface area contributed by atoms with Gasteiger partial charge in [0.25, 0.3) is 5.56 Å². The Balaban J connectivity index is 1.30. The van der Waals surface area contributed by atoms with Crippen LogP contribution in [0.15, 0.2) is 64.8 Å². The van der Waals surface area contributed by atoms with Gasteiger partial charge in [-0.15, -0.1) is 10.2 Å². The lowest BCUT2D eigenvalue weighted by Gasteiger charge is -2.37. The van der Waals surface area contributed by atoms with E-state index in [1.807, 2.05) is 25.2 Å². The van der Waals surface area contributed by atoms with Crippen molar-refractivity contribution < 1.29 is 18.7 Å². The van der Waals surface area contributed by atoms with E-state index in [0.717, 1.165) is 32.5 Å². The van der Waals surface area contributed by atoms with E-state index in [9.17, 15) is 23.6 Å². The molecule has 3 heterocycles. The second kappa shape index (κ2) is 15.1. The molecule has 47 heavy (non-hydrogen) atoms. The number of amides is 2. The fourth-order valence-electron chi connectivity index (χ4n) is 5.82. The number of anilines is 1. The van der Waals surface area contributed by atoms with Gasteiger partial charge in [0.2, 0.25) is 12.3 Å². The topological polar surface area (TPSA) is 137 Å². The average molecular weight is 667 g/mol. The summed E-state index contributed by atoms with van der Waals surface area (Å²) in [5.74, 6) is -0.301. The molecule has 0 radical (unpaired) electrons. The minimum absolute atomic E-state index is 0.0107. The molecule has 248 valence electrons. The average Bonchev–Trinajstić information content (AvgIpc) is 3.61. The molecule has 4 aromatic rings. The summed E-state index contributed by atoms with van der Waals surface area (Å²) in [4.78, 5) is 56.0. The first kappa shape index (κ1) is 33.4. The number of benzene rings is 2. The smallest absolute Gasteiger partial charge is 0.331 e. The largest absolute Gasteiger partial charge is 0.497 e. The van der Waals surface area contributed by atoms with Gasteiger partial charge < -0.3 is 24.4 Å². The minimum atomic E-state index is -0.716. The summed E-state index contributed by atoms with van der Waals surface area (Å²) in [7, 11) is 3.45. The van der Waals surface area contributed by atoms with Crippen molar-refractivity contribution in [2.24, 2.45) is 0 Å². The number of carbonyl (C=O) groups excluding carboxylic acids is 2. The van der Waals surface area contributed by atoms with Crippen molar-refractivity contribution in [3.05, 3.63) is 92.5 Å². The molecule has 0 atom stereocenters. The Morgan fingerprint density at radius 2 is 1.87 bits per heavy atom. The molecule has 1 saturated heterocycles. The summed E-state index contributed by atoms with van der Waals surface area (Å²) >= 11 is 6.22. The highest BCUT2D eigenvalue weighted by atomic mass is 35.5. The zero-order valence-electron chi connectivity index (χ0n) is 26.1. The Morgan fingerprint density at radius 3 is 2.55 bits per heavy atom. The molecule has 0 spiro atoms. The third-order valence-electron chi connectivity index (χ3n) is 8.48. The third kappa shape index (κ3) is 7.54. The molecule has 2 aromatic carbocycles. The number of aryl methyl sites for hydroxylation is 1. The van der Waals surface area contributed by atoms with Crippen LogP contribution >= 0.6 is 11.6 Å². The molecule has 0 bridgehead atoms. The van der Waals surface area contributed by atoms with Gasteiger partial charge in [-0.2, -0.15) is 0 Å². The van der Waals surface area contributed by atoms with Crippen molar-refractivity contribution >= 4 is 29.6 Å². The Hall–Kier alpha value is -4.98. The summed E-state index contributed by atoms with van der Waals surface area (Å²) in [6.07, 6.45) is 6.78. The molecule has 0 unspecified atom stereocenters. The number of hydrogen-bond acceptors (Lipinski definition) is 8. The Kier molecular flexibility index (Phi) is 10.7. The Labute approximate surface area is 275 Å². The maximum atomic E-state index is 14.4. The first-order chi connectivity index (χ1) is 22.7. The fraction of sp³-hybridized carbons (Fsp3) is 0.375. The van der Waals surface area contributed by atoms with Gasteiger partial charge in [-0.1, -0.05) is 23.7 Å². The normalized spacial score (nSPS) is 13.4. The molecule has 1 fully saturated rings. The molecule has 15 heteroatoms. The number of hydrogen-bond donors (Lipinski definition) is 1. The second-order valence-corrected chi connectivity index (χ2v) is 11.6. The van der Waals surface area contributed by atoms with Crippen LogP contribution < -0.4 is 21.3 Å². The SMILES string of the molecule is CNc1ccc(OC)cc1CCN(C=O)C1CCN(C(=O)Cn2cc(-c3cccc(F)c3Cl)c(=O)n(CCn3cnnc3)c2=O)CC1. The van der Waals surface area contributed by atoms with E-state index in [0.29, 0.717) is 38.9 Å². The van der Waals surface area contributed by atoms with Gasteiger partial charge in [-0.3, -0.25) is 23.5 Å². The first-order valence-electron chi connectivity index (χ1n) is 15.2. The molecule has 0 aliphatic carbocycles.